The highest BCUT2D eigenvalue weighted by atomic mass is 16.4. The van der Waals surface area contributed by atoms with Crippen LogP contribution in [-0.4, -0.2) is 33.5 Å². The predicted octanol–water partition coefficient (Wildman–Crippen LogP) is 0.229. The van der Waals surface area contributed by atoms with Crippen molar-refractivity contribution in [2.75, 3.05) is 0 Å². The summed E-state index contributed by atoms with van der Waals surface area (Å²) in [5.41, 5.74) is -1.66. The van der Waals surface area contributed by atoms with Gasteiger partial charge in [0.15, 0.2) is 0 Å². The van der Waals surface area contributed by atoms with Gasteiger partial charge >= 0.3 is 5.97 Å². The molecule has 2 bridgehead atoms. The molecule has 2 saturated carbocycles. The van der Waals surface area contributed by atoms with Crippen molar-refractivity contribution in [1.29, 1.82) is 0 Å². The molecule has 0 heterocycles. The standard InChI is InChI=1S/C10H16O4/c1-9(2)5-3-4-10(9,8(13)14)7(12)6(5)11/h5-7,11-12H,3-4H2,1-2H3,(H,13,14)/t5?,6-,7-,10+/m1/s1. The third-order valence-corrected chi connectivity index (χ3v) is 4.55. The first-order valence-corrected chi connectivity index (χ1v) is 4.95. The topological polar surface area (TPSA) is 77.8 Å². The van der Waals surface area contributed by atoms with Crippen LogP contribution in [0.15, 0.2) is 0 Å². The fourth-order valence-electron chi connectivity index (χ4n) is 3.54. The van der Waals surface area contributed by atoms with Gasteiger partial charge in [0.2, 0.25) is 0 Å². The van der Waals surface area contributed by atoms with Gasteiger partial charge in [-0.05, 0) is 24.2 Å². The van der Waals surface area contributed by atoms with Crippen LogP contribution in [0.3, 0.4) is 0 Å². The second-order valence-corrected chi connectivity index (χ2v) is 5.08. The molecule has 0 spiro atoms. The van der Waals surface area contributed by atoms with Crippen molar-refractivity contribution >= 4 is 5.97 Å². The molecule has 0 aromatic heterocycles. The smallest absolute Gasteiger partial charge is 0.312 e. The molecular formula is C10H16O4. The summed E-state index contributed by atoms with van der Waals surface area (Å²) in [6.45, 7) is 3.66. The molecule has 2 aliphatic carbocycles. The van der Waals surface area contributed by atoms with Crippen LogP contribution in [0.2, 0.25) is 0 Å². The van der Waals surface area contributed by atoms with Crippen molar-refractivity contribution in [2.24, 2.45) is 16.7 Å². The van der Waals surface area contributed by atoms with E-state index in [0.717, 1.165) is 0 Å². The maximum Gasteiger partial charge on any atom is 0.312 e. The van der Waals surface area contributed by atoms with Crippen LogP contribution >= 0.6 is 0 Å². The fourth-order valence-corrected chi connectivity index (χ4v) is 3.54. The minimum Gasteiger partial charge on any atom is -0.481 e. The summed E-state index contributed by atoms with van der Waals surface area (Å²) in [6.07, 6.45) is -0.834. The Bertz CT molecular complexity index is 286. The van der Waals surface area contributed by atoms with Crippen molar-refractivity contribution in [2.45, 2.75) is 38.9 Å². The zero-order valence-electron chi connectivity index (χ0n) is 8.40. The minimum absolute atomic E-state index is 0.0893. The predicted molar refractivity (Wildman–Crippen MR) is 48.6 cm³/mol. The zero-order chi connectivity index (χ0) is 10.7. The molecule has 2 rings (SSSR count). The van der Waals surface area contributed by atoms with E-state index in [4.69, 9.17) is 0 Å². The van der Waals surface area contributed by atoms with Gasteiger partial charge in [0, 0.05) is 0 Å². The van der Waals surface area contributed by atoms with Crippen molar-refractivity contribution < 1.29 is 20.1 Å². The third kappa shape index (κ3) is 0.754. The first-order chi connectivity index (χ1) is 6.35. The molecule has 14 heavy (non-hydrogen) atoms. The average Bonchev–Trinajstić information content (AvgIpc) is 2.41. The van der Waals surface area contributed by atoms with Crippen molar-refractivity contribution in [3.8, 4) is 0 Å². The molecule has 4 nitrogen and oxygen atoms in total. The van der Waals surface area contributed by atoms with E-state index in [1.807, 2.05) is 13.8 Å². The molecule has 2 aliphatic rings. The second kappa shape index (κ2) is 2.49. The van der Waals surface area contributed by atoms with E-state index >= 15 is 0 Å². The number of carbonyl (C=O) groups is 1. The lowest BCUT2D eigenvalue weighted by atomic mass is 9.68. The molecule has 4 heteroatoms. The van der Waals surface area contributed by atoms with Crippen LogP contribution in [0, 0.1) is 16.7 Å². The Morgan fingerprint density at radius 3 is 2.21 bits per heavy atom. The van der Waals surface area contributed by atoms with Gasteiger partial charge in [-0.15, -0.1) is 0 Å². The minimum atomic E-state index is -1.14. The lowest BCUT2D eigenvalue weighted by molar-refractivity contribution is -0.164. The summed E-state index contributed by atoms with van der Waals surface area (Å²) in [5.74, 6) is -1.07. The maximum atomic E-state index is 11.3. The molecule has 3 N–H and O–H groups in total. The molecule has 0 saturated heterocycles. The Hall–Kier alpha value is -0.610. The quantitative estimate of drug-likeness (QED) is 0.566. The van der Waals surface area contributed by atoms with Gasteiger partial charge in [0.25, 0.3) is 0 Å². The lowest BCUT2D eigenvalue weighted by Gasteiger charge is -2.35. The molecule has 4 atom stereocenters. The van der Waals surface area contributed by atoms with Crippen LogP contribution in [0.25, 0.3) is 0 Å². The summed E-state index contributed by atoms with van der Waals surface area (Å²) in [7, 11) is 0. The van der Waals surface area contributed by atoms with E-state index in [9.17, 15) is 20.1 Å². The average molecular weight is 200 g/mol. The highest BCUT2D eigenvalue weighted by Crippen LogP contribution is 2.65. The number of hydrogen-bond acceptors (Lipinski definition) is 3. The van der Waals surface area contributed by atoms with Crippen LogP contribution in [0.4, 0.5) is 0 Å². The fraction of sp³-hybridized carbons (Fsp3) is 0.900. The van der Waals surface area contributed by atoms with E-state index in [1.165, 1.54) is 0 Å². The van der Waals surface area contributed by atoms with Crippen molar-refractivity contribution in [3.05, 3.63) is 0 Å². The van der Waals surface area contributed by atoms with Gasteiger partial charge in [0.05, 0.1) is 12.2 Å². The Balaban J connectivity index is 2.53. The summed E-state index contributed by atoms with van der Waals surface area (Å²) < 4.78 is 0. The number of fused-ring (bicyclic) bond motifs is 2. The number of aliphatic carboxylic acids is 1. The Morgan fingerprint density at radius 2 is 1.93 bits per heavy atom. The molecule has 80 valence electrons. The summed E-state index contributed by atoms with van der Waals surface area (Å²) >= 11 is 0. The van der Waals surface area contributed by atoms with Gasteiger partial charge in [-0.3, -0.25) is 4.79 Å². The van der Waals surface area contributed by atoms with Gasteiger partial charge in [-0.25, -0.2) is 0 Å². The normalized spacial score (nSPS) is 49.6. The number of aliphatic hydroxyl groups excluding tert-OH is 2. The maximum absolute atomic E-state index is 11.3. The molecule has 0 radical (unpaired) electrons. The van der Waals surface area contributed by atoms with Crippen LogP contribution < -0.4 is 0 Å². The van der Waals surface area contributed by atoms with Gasteiger partial charge in [-0.1, -0.05) is 13.8 Å². The molecule has 0 aliphatic heterocycles. The number of rotatable bonds is 1. The monoisotopic (exact) mass is 200 g/mol. The largest absolute Gasteiger partial charge is 0.481 e. The Kier molecular flexibility index (Phi) is 1.77. The highest BCUT2D eigenvalue weighted by molar-refractivity contribution is 5.78. The number of carboxylic acid groups (broad SMARTS) is 1. The van der Waals surface area contributed by atoms with E-state index in [1.54, 1.807) is 0 Å². The van der Waals surface area contributed by atoms with Crippen molar-refractivity contribution in [1.82, 2.24) is 0 Å². The summed E-state index contributed by atoms with van der Waals surface area (Å²) in [4.78, 5) is 11.3. The first kappa shape index (κ1) is 9.93. The molecule has 0 aromatic rings. The van der Waals surface area contributed by atoms with E-state index in [-0.39, 0.29) is 5.92 Å². The van der Waals surface area contributed by atoms with Gasteiger partial charge in [-0.2, -0.15) is 0 Å². The Morgan fingerprint density at radius 1 is 1.36 bits per heavy atom. The van der Waals surface area contributed by atoms with E-state index < -0.39 is 29.0 Å². The van der Waals surface area contributed by atoms with Gasteiger partial charge < -0.3 is 15.3 Å². The lowest BCUT2D eigenvalue weighted by Crippen LogP contribution is -2.48. The van der Waals surface area contributed by atoms with Crippen LogP contribution in [0.1, 0.15) is 26.7 Å². The van der Waals surface area contributed by atoms with Crippen LogP contribution in [-0.2, 0) is 4.79 Å². The first-order valence-electron chi connectivity index (χ1n) is 4.95. The summed E-state index contributed by atoms with van der Waals surface area (Å²) in [5, 5.41) is 28.8. The third-order valence-electron chi connectivity index (χ3n) is 4.55. The van der Waals surface area contributed by atoms with Crippen LogP contribution in [0.5, 0.6) is 0 Å². The second-order valence-electron chi connectivity index (χ2n) is 5.08. The van der Waals surface area contributed by atoms with Gasteiger partial charge in [0.1, 0.15) is 5.41 Å². The molecule has 2 fully saturated rings. The molecule has 0 aromatic carbocycles. The SMILES string of the molecule is CC1(C)C2CC[C@@]1(C(=O)O)[C@H](O)[C@@H]2O. The molecular weight excluding hydrogens is 184 g/mol. The van der Waals surface area contributed by atoms with E-state index in [2.05, 4.69) is 0 Å². The summed E-state index contributed by atoms with van der Waals surface area (Å²) in [6, 6.07) is 0. The van der Waals surface area contributed by atoms with E-state index in [0.29, 0.717) is 12.8 Å². The van der Waals surface area contributed by atoms with Crippen molar-refractivity contribution in [3.63, 3.8) is 0 Å². The number of carboxylic acids is 1. The number of hydrogen-bond donors (Lipinski definition) is 3. The Labute approximate surface area is 82.6 Å². The number of aliphatic hydroxyl groups is 2. The molecule has 0 amide bonds. The molecule has 1 unspecified atom stereocenters. The zero-order valence-corrected chi connectivity index (χ0v) is 8.40. The highest BCUT2D eigenvalue weighted by Gasteiger charge is 2.72.